The first-order chi connectivity index (χ1) is 8.47. The number of nitrogens with zero attached hydrogens (tertiary/aromatic N) is 4. The summed E-state index contributed by atoms with van der Waals surface area (Å²) in [5.41, 5.74) is 0. The molecule has 1 aliphatic heterocycles. The molecule has 2 rings (SSSR count). The first-order valence-corrected chi connectivity index (χ1v) is 6.80. The van der Waals surface area contributed by atoms with Gasteiger partial charge in [-0.3, -0.25) is 4.79 Å². The molecule has 1 saturated heterocycles. The van der Waals surface area contributed by atoms with E-state index in [1.807, 2.05) is 18.0 Å². The Bertz CT molecular complexity index is 463. The van der Waals surface area contributed by atoms with Gasteiger partial charge in [0.15, 0.2) is 0 Å². The van der Waals surface area contributed by atoms with Gasteiger partial charge in [0.25, 0.3) is 0 Å². The predicted octanol–water partition coefficient (Wildman–Crippen LogP) is 1.64. The number of likely N-dealkylation sites (N-methyl/N-ethyl adjacent to an activating group) is 1. The highest BCUT2D eigenvalue weighted by molar-refractivity contribution is 9.10. The van der Waals surface area contributed by atoms with Crippen molar-refractivity contribution in [1.29, 1.82) is 0 Å². The zero-order valence-corrected chi connectivity index (χ0v) is 12.4. The lowest BCUT2D eigenvalue weighted by molar-refractivity contribution is -0.129. The van der Waals surface area contributed by atoms with Crippen LogP contribution < -0.4 is 4.90 Å². The van der Waals surface area contributed by atoms with Gasteiger partial charge in [0, 0.05) is 32.1 Å². The van der Waals surface area contributed by atoms with Crippen LogP contribution in [-0.2, 0) is 4.79 Å². The standard InChI is InChI=1S/C12H17BrN4O/c1-8(2)12-14-9(13)6-10(15-12)17-5-4-16(3)11(18)7-17/h6,8H,4-5,7H2,1-3H3. The van der Waals surface area contributed by atoms with Crippen molar-refractivity contribution in [1.82, 2.24) is 14.9 Å². The molecule has 0 unspecified atom stereocenters. The summed E-state index contributed by atoms with van der Waals surface area (Å²) in [7, 11) is 1.83. The topological polar surface area (TPSA) is 49.3 Å². The lowest BCUT2D eigenvalue weighted by Crippen LogP contribution is -2.48. The summed E-state index contributed by atoms with van der Waals surface area (Å²) in [5.74, 6) is 2.01. The fourth-order valence-electron chi connectivity index (χ4n) is 1.80. The molecular formula is C12H17BrN4O. The molecule has 1 aromatic heterocycles. The highest BCUT2D eigenvalue weighted by atomic mass is 79.9. The van der Waals surface area contributed by atoms with Crippen molar-refractivity contribution >= 4 is 27.7 Å². The summed E-state index contributed by atoms with van der Waals surface area (Å²) in [4.78, 5) is 24.3. The first-order valence-electron chi connectivity index (χ1n) is 6.00. The largest absolute Gasteiger partial charge is 0.345 e. The number of amides is 1. The van der Waals surface area contributed by atoms with Gasteiger partial charge in [-0.15, -0.1) is 0 Å². The third kappa shape index (κ3) is 2.80. The summed E-state index contributed by atoms with van der Waals surface area (Å²) >= 11 is 3.40. The predicted molar refractivity (Wildman–Crippen MR) is 73.7 cm³/mol. The van der Waals surface area contributed by atoms with Crippen molar-refractivity contribution in [3.05, 3.63) is 16.5 Å². The Morgan fingerprint density at radius 1 is 1.33 bits per heavy atom. The van der Waals surface area contributed by atoms with E-state index in [2.05, 4.69) is 39.7 Å². The van der Waals surface area contributed by atoms with Gasteiger partial charge in [-0.05, 0) is 15.9 Å². The molecule has 1 aromatic rings. The van der Waals surface area contributed by atoms with Crippen LogP contribution in [0.1, 0.15) is 25.6 Å². The highest BCUT2D eigenvalue weighted by Crippen LogP contribution is 2.21. The molecule has 0 aliphatic carbocycles. The second kappa shape index (κ2) is 5.22. The lowest BCUT2D eigenvalue weighted by atomic mass is 10.2. The van der Waals surface area contributed by atoms with Crippen LogP contribution in [0.15, 0.2) is 10.7 Å². The summed E-state index contributed by atoms with van der Waals surface area (Å²) in [5, 5.41) is 0. The number of anilines is 1. The van der Waals surface area contributed by atoms with Crippen molar-refractivity contribution < 1.29 is 4.79 Å². The number of halogens is 1. The van der Waals surface area contributed by atoms with Crippen LogP contribution in [0.4, 0.5) is 5.82 Å². The maximum Gasteiger partial charge on any atom is 0.241 e. The van der Waals surface area contributed by atoms with E-state index in [1.165, 1.54) is 0 Å². The minimum absolute atomic E-state index is 0.127. The fourth-order valence-corrected chi connectivity index (χ4v) is 2.18. The molecule has 0 bridgehead atoms. The van der Waals surface area contributed by atoms with Gasteiger partial charge in [-0.25, -0.2) is 9.97 Å². The van der Waals surface area contributed by atoms with Crippen LogP contribution in [0, 0.1) is 0 Å². The lowest BCUT2D eigenvalue weighted by Gasteiger charge is -2.32. The number of hydrogen-bond donors (Lipinski definition) is 0. The van der Waals surface area contributed by atoms with Crippen LogP contribution in [0.2, 0.25) is 0 Å². The Hall–Kier alpha value is -1.17. The molecule has 0 spiro atoms. The van der Waals surface area contributed by atoms with Crippen LogP contribution in [0.5, 0.6) is 0 Å². The van der Waals surface area contributed by atoms with Gasteiger partial charge >= 0.3 is 0 Å². The van der Waals surface area contributed by atoms with Crippen molar-refractivity contribution in [2.75, 3.05) is 31.6 Å². The number of carbonyl (C=O) groups excluding carboxylic acids is 1. The molecule has 1 amide bonds. The quantitative estimate of drug-likeness (QED) is 0.779. The minimum atomic E-state index is 0.127. The average molecular weight is 313 g/mol. The maximum atomic E-state index is 11.7. The van der Waals surface area contributed by atoms with E-state index in [0.717, 1.165) is 29.3 Å². The summed E-state index contributed by atoms with van der Waals surface area (Å²) in [6.45, 7) is 6.04. The number of carbonyl (C=O) groups is 1. The Morgan fingerprint density at radius 3 is 2.67 bits per heavy atom. The molecule has 5 nitrogen and oxygen atoms in total. The van der Waals surface area contributed by atoms with E-state index in [4.69, 9.17) is 0 Å². The Kier molecular flexibility index (Phi) is 3.85. The van der Waals surface area contributed by atoms with Gasteiger partial charge in [0.1, 0.15) is 16.2 Å². The van der Waals surface area contributed by atoms with Crippen molar-refractivity contribution in [2.24, 2.45) is 0 Å². The van der Waals surface area contributed by atoms with E-state index < -0.39 is 0 Å². The van der Waals surface area contributed by atoms with Crippen molar-refractivity contribution in [2.45, 2.75) is 19.8 Å². The number of rotatable bonds is 2. The minimum Gasteiger partial charge on any atom is -0.345 e. The first kappa shape index (κ1) is 13.3. The molecule has 0 N–H and O–H groups in total. The van der Waals surface area contributed by atoms with E-state index in [1.54, 1.807) is 4.90 Å². The summed E-state index contributed by atoms with van der Waals surface area (Å²) in [6.07, 6.45) is 0. The van der Waals surface area contributed by atoms with E-state index >= 15 is 0 Å². The molecule has 0 aromatic carbocycles. The molecule has 1 aliphatic rings. The third-order valence-electron chi connectivity index (χ3n) is 3.00. The van der Waals surface area contributed by atoms with Gasteiger partial charge in [-0.2, -0.15) is 0 Å². The molecule has 2 heterocycles. The van der Waals surface area contributed by atoms with E-state index in [-0.39, 0.29) is 11.8 Å². The van der Waals surface area contributed by atoms with E-state index in [0.29, 0.717) is 6.54 Å². The second-order valence-electron chi connectivity index (χ2n) is 4.80. The normalized spacial score (nSPS) is 16.6. The van der Waals surface area contributed by atoms with Crippen LogP contribution in [0.25, 0.3) is 0 Å². The molecule has 1 fully saturated rings. The molecule has 18 heavy (non-hydrogen) atoms. The van der Waals surface area contributed by atoms with Gasteiger partial charge in [0.05, 0.1) is 6.54 Å². The fraction of sp³-hybridized carbons (Fsp3) is 0.583. The second-order valence-corrected chi connectivity index (χ2v) is 5.61. The molecule has 0 atom stereocenters. The third-order valence-corrected chi connectivity index (χ3v) is 3.40. The Balaban J connectivity index is 2.25. The molecule has 0 saturated carbocycles. The zero-order valence-electron chi connectivity index (χ0n) is 10.9. The highest BCUT2D eigenvalue weighted by Gasteiger charge is 2.22. The summed E-state index contributed by atoms with van der Waals surface area (Å²) < 4.78 is 0.766. The number of hydrogen-bond acceptors (Lipinski definition) is 4. The zero-order chi connectivity index (χ0) is 13.3. The Labute approximate surface area is 115 Å². The maximum absolute atomic E-state index is 11.7. The van der Waals surface area contributed by atoms with Crippen molar-refractivity contribution in [3.63, 3.8) is 0 Å². The number of aromatic nitrogens is 2. The molecule has 98 valence electrons. The Morgan fingerprint density at radius 2 is 2.06 bits per heavy atom. The van der Waals surface area contributed by atoms with Crippen LogP contribution in [0.3, 0.4) is 0 Å². The monoisotopic (exact) mass is 312 g/mol. The summed E-state index contributed by atoms with van der Waals surface area (Å²) in [6, 6.07) is 1.87. The average Bonchev–Trinajstić information content (AvgIpc) is 2.31. The van der Waals surface area contributed by atoms with Gasteiger partial charge in [0.2, 0.25) is 5.91 Å². The van der Waals surface area contributed by atoms with Crippen LogP contribution in [-0.4, -0.2) is 47.5 Å². The number of piperazine rings is 1. The van der Waals surface area contributed by atoms with Crippen molar-refractivity contribution in [3.8, 4) is 0 Å². The van der Waals surface area contributed by atoms with Gasteiger partial charge < -0.3 is 9.80 Å². The smallest absolute Gasteiger partial charge is 0.241 e. The molecular weight excluding hydrogens is 296 g/mol. The molecule has 0 radical (unpaired) electrons. The SMILES string of the molecule is CC(C)c1nc(Br)cc(N2CCN(C)C(=O)C2)n1. The van der Waals surface area contributed by atoms with Gasteiger partial charge in [-0.1, -0.05) is 13.8 Å². The molecule has 6 heteroatoms. The van der Waals surface area contributed by atoms with E-state index in [9.17, 15) is 4.79 Å². The van der Waals surface area contributed by atoms with Crippen LogP contribution >= 0.6 is 15.9 Å².